The molecule has 176 valence electrons. The van der Waals surface area contributed by atoms with E-state index in [9.17, 15) is 14.4 Å². The number of benzene rings is 2. The van der Waals surface area contributed by atoms with Crippen molar-refractivity contribution in [1.82, 2.24) is 0 Å². The van der Waals surface area contributed by atoms with E-state index in [1.165, 1.54) is 14.0 Å². The fourth-order valence-electron chi connectivity index (χ4n) is 5.08. The summed E-state index contributed by atoms with van der Waals surface area (Å²) in [5.41, 5.74) is 1.03. The van der Waals surface area contributed by atoms with Crippen molar-refractivity contribution in [3.63, 3.8) is 0 Å². The van der Waals surface area contributed by atoms with Gasteiger partial charge in [-0.1, -0.05) is 12.2 Å². The summed E-state index contributed by atoms with van der Waals surface area (Å²) in [5, 5.41) is 5.62. The molecule has 9 heteroatoms. The number of anilines is 3. The molecule has 3 amide bonds. The molecule has 0 aromatic heterocycles. The van der Waals surface area contributed by atoms with Gasteiger partial charge in [0, 0.05) is 30.1 Å². The topological polar surface area (TPSA) is 106 Å². The average Bonchev–Trinajstić information content (AvgIpc) is 3.47. The van der Waals surface area contributed by atoms with Crippen molar-refractivity contribution >= 4 is 34.8 Å². The molecule has 2 aromatic carbocycles. The summed E-state index contributed by atoms with van der Waals surface area (Å²) in [4.78, 5) is 39.8. The third kappa shape index (κ3) is 3.49. The Hall–Kier alpha value is -3.85. The second kappa shape index (κ2) is 8.18. The molecule has 2 saturated heterocycles. The van der Waals surface area contributed by atoms with Crippen LogP contribution in [0.3, 0.4) is 0 Å². The summed E-state index contributed by atoms with van der Waals surface area (Å²) in [5.74, 6) is -0.857. The molecule has 5 rings (SSSR count). The van der Waals surface area contributed by atoms with Crippen molar-refractivity contribution in [2.75, 3.05) is 36.3 Å². The molecule has 2 N–H and O–H groups in total. The first-order valence-corrected chi connectivity index (χ1v) is 10.9. The molecule has 3 heterocycles. The van der Waals surface area contributed by atoms with E-state index in [2.05, 4.69) is 10.6 Å². The molecule has 0 aliphatic carbocycles. The summed E-state index contributed by atoms with van der Waals surface area (Å²) in [6.45, 7) is 1.76. The molecule has 1 spiro atoms. The Bertz CT molecular complexity index is 1190. The first-order chi connectivity index (χ1) is 16.3. The highest BCUT2D eigenvalue weighted by molar-refractivity contribution is 6.05. The summed E-state index contributed by atoms with van der Waals surface area (Å²) in [7, 11) is 3.07. The summed E-state index contributed by atoms with van der Waals surface area (Å²) in [6, 6.07) is 12.1. The Morgan fingerprint density at radius 3 is 2.41 bits per heavy atom. The van der Waals surface area contributed by atoms with E-state index in [0.717, 1.165) is 0 Å². The van der Waals surface area contributed by atoms with Gasteiger partial charge in [0.2, 0.25) is 17.7 Å². The Morgan fingerprint density at radius 1 is 1.03 bits per heavy atom. The maximum atomic E-state index is 13.5. The van der Waals surface area contributed by atoms with Gasteiger partial charge in [-0.2, -0.15) is 0 Å². The van der Waals surface area contributed by atoms with E-state index in [1.807, 2.05) is 12.2 Å². The number of amides is 3. The average molecular weight is 463 g/mol. The third-order valence-corrected chi connectivity index (χ3v) is 6.55. The minimum Gasteiger partial charge on any atom is -0.493 e. The SMILES string of the molecule is COc1ccc(NC(=O)C2C3C=C[C@]4(CN(c5ccc(NC(C)=O)cc5)C(=O)C24)O3)cc1OC. The second-order valence-electron chi connectivity index (χ2n) is 8.61. The second-order valence-corrected chi connectivity index (χ2v) is 8.61. The monoisotopic (exact) mass is 463 g/mol. The van der Waals surface area contributed by atoms with E-state index >= 15 is 0 Å². The van der Waals surface area contributed by atoms with Crippen molar-refractivity contribution in [1.29, 1.82) is 0 Å². The van der Waals surface area contributed by atoms with E-state index in [4.69, 9.17) is 14.2 Å². The predicted octanol–water partition coefficient (Wildman–Crippen LogP) is 2.59. The number of carbonyl (C=O) groups is 3. The minimum absolute atomic E-state index is 0.161. The molecule has 2 fully saturated rings. The third-order valence-electron chi connectivity index (χ3n) is 6.55. The molecule has 0 radical (unpaired) electrons. The smallest absolute Gasteiger partial charge is 0.234 e. The highest BCUT2D eigenvalue weighted by atomic mass is 16.5. The lowest BCUT2D eigenvalue weighted by atomic mass is 9.77. The zero-order valence-electron chi connectivity index (χ0n) is 19.0. The van der Waals surface area contributed by atoms with Gasteiger partial charge in [-0.05, 0) is 36.4 Å². The van der Waals surface area contributed by atoms with Crippen molar-refractivity contribution in [3.05, 3.63) is 54.6 Å². The van der Waals surface area contributed by atoms with Gasteiger partial charge in [0.25, 0.3) is 0 Å². The van der Waals surface area contributed by atoms with Crippen molar-refractivity contribution in [2.45, 2.75) is 18.6 Å². The van der Waals surface area contributed by atoms with Gasteiger partial charge in [0.15, 0.2) is 11.5 Å². The van der Waals surface area contributed by atoms with Crippen LogP contribution in [0.25, 0.3) is 0 Å². The zero-order chi connectivity index (χ0) is 24.0. The number of hydrogen-bond acceptors (Lipinski definition) is 6. The largest absolute Gasteiger partial charge is 0.493 e. The van der Waals surface area contributed by atoms with E-state index in [-0.39, 0.29) is 17.7 Å². The minimum atomic E-state index is -0.836. The standard InChI is InChI=1S/C25H25N3O6/c1-14(29)26-15-4-7-17(8-5-15)28-13-25-11-10-19(34-25)21(22(25)24(28)31)23(30)27-16-6-9-18(32-2)20(12-16)33-3/h4-12,19,21-22H,13H2,1-3H3,(H,26,29)(H,27,30)/t19?,21?,22?,25-/m1/s1. The fourth-order valence-corrected chi connectivity index (χ4v) is 5.08. The fraction of sp³-hybridized carbons (Fsp3) is 0.320. The zero-order valence-corrected chi connectivity index (χ0v) is 19.0. The normalized spacial score (nSPS) is 26.4. The molecule has 9 nitrogen and oxygen atoms in total. The Morgan fingerprint density at radius 2 is 1.74 bits per heavy atom. The molecule has 2 aromatic rings. The maximum Gasteiger partial charge on any atom is 0.234 e. The molecule has 34 heavy (non-hydrogen) atoms. The predicted molar refractivity (Wildman–Crippen MR) is 125 cm³/mol. The molecular formula is C25H25N3O6. The maximum absolute atomic E-state index is 13.5. The highest BCUT2D eigenvalue weighted by Gasteiger charge is 2.67. The van der Waals surface area contributed by atoms with Gasteiger partial charge in [0.1, 0.15) is 5.60 Å². The number of ether oxygens (including phenoxy) is 3. The summed E-state index contributed by atoms with van der Waals surface area (Å²) < 4.78 is 16.8. The van der Waals surface area contributed by atoms with E-state index < -0.39 is 23.5 Å². The molecule has 3 aliphatic heterocycles. The number of carbonyl (C=O) groups excluding carboxylic acids is 3. The molecule has 2 bridgehead atoms. The van der Waals surface area contributed by atoms with Crippen LogP contribution in [0.4, 0.5) is 17.1 Å². The number of methoxy groups -OCH3 is 2. The lowest BCUT2D eigenvalue weighted by molar-refractivity contribution is -0.128. The first kappa shape index (κ1) is 22.0. The van der Waals surface area contributed by atoms with Crippen LogP contribution in [0.15, 0.2) is 54.6 Å². The van der Waals surface area contributed by atoms with Gasteiger partial charge >= 0.3 is 0 Å². The highest BCUT2D eigenvalue weighted by Crippen LogP contribution is 2.53. The Labute approximate surface area is 196 Å². The van der Waals surface area contributed by atoms with Gasteiger partial charge < -0.3 is 29.7 Å². The lowest BCUT2D eigenvalue weighted by Gasteiger charge is -2.23. The Kier molecular flexibility index (Phi) is 5.28. The molecule has 3 aliphatic rings. The van der Waals surface area contributed by atoms with Crippen LogP contribution >= 0.6 is 0 Å². The molecule has 4 atom stereocenters. The van der Waals surface area contributed by atoms with Crippen LogP contribution in [0, 0.1) is 11.8 Å². The number of hydrogen-bond donors (Lipinski definition) is 2. The number of nitrogens with zero attached hydrogens (tertiary/aromatic N) is 1. The van der Waals surface area contributed by atoms with Crippen LogP contribution < -0.4 is 25.0 Å². The summed E-state index contributed by atoms with van der Waals surface area (Å²) in [6.07, 6.45) is 3.32. The quantitative estimate of drug-likeness (QED) is 0.638. The Balaban J connectivity index is 1.37. The van der Waals surface area contributed by atoms with Crippen LogP contribution in [-0.4, -0.2) is 50.2 Å². The molecule has 0 saturated carbocycles. The van der Waals surface area contributed by atoms with Gasteiger partial charge in [-0.25, -0.2) is 0 Å². The van der Waals surface area contributed by atoms with Gasteiger partial charge in [-0.3, -0.25) is 14.4 Å². The van der Waals surface area contributed by atoms with Gasteiger partial charge in [-0.15, -0.1) is 0 Å². The van der Waals surface area contributed by atoms with Crippen molar-refractivity contribution in [2.24, 2.45) is 11.8 Å². The number of nitrogens with one attached hydrogen (secondary N) is 2. The van der Waals surface area contributed by atoms with Crippen LogP contribution in [0.2, 0.25) is 0 Å². The van der Waals surface area contributed by atoms with Crippen molar-refractivity contribution in [3.8, 4) is 11.5 Å². The number of fused-ring (bicyclic) bond motifs is 1. The summed E-state index contributed by atoms with van der Waals surface area (Å²) >= 11 is 0. The van der Waals surface area contributed by atoms with Crippen molar-refractivity contribution < 1.29 is 28.6 Å². The van der Waals surface area contributed by atoms with Crippen LogP contribution in [0.5, 0.6) is 11.5 Å². The number of rotatable bonds is 6. The lowest BCUT2D eigenvalue weighted by Crippen LogP contribution is -2.41. The van der Waals surface area contributed by atoms with Crippen LogP contribution in [-0.2, 0) is 19.1 Å². The van der Waals surface area contributed by atoms with E-state index in [0.29, 0.717) is 35.1 Å². The van der Waals surface area contributed by atoms with E-state index in [1.54, 1.807) is 54.5 Å². The molecule has 3 unspecified atom stereocenters. The molecular weight excluding hydrogens is 438 g/mol. The first-order valence-electron chi connectivity index (χ1n) is 10.9. The van der Waals surface area contributed by atoms with Crippen LogP contribution in [0.1, 0.15) is 6.92 Å². The van der Waals surface area contributed by atoms with Gasteiger partial charge in [0.05, 0.1) is 38.7 Å².